The molecule has 0 amide bonds. The average molecular weight is 267 g/mol. The number of nitrogens with one attached hydrogen (secondary N) is 1. The van der Waals surface area contributed by atoms with Gasteiger partial charge in [0.2, 0.25) is 0 Å². The predicted octanol–water partition coefficient (Wildman–Crippen LogP) is 1.53. The van der Waals surface area contributed by atoms with Crippen molar-refractivity contribution in [3.8, 4) is 0 Å². The van der Waals surface area contributed by atoms with Crippen molar-refractivity contribution in [3.05, 3.63) is 17.8 Å². The minimum atomic E-state index is -0.473. The van der Waals surface area contributed by atoms with E-state index in [9.17, 15) is 4.79 Å². The molecule has 1 rings (SSSR count). The van der Waals surface area contributed by atoms with Crippen LogP contribution in [0.5, 0.6) is 0 Å². The number of carbonyl (C=O) groups is 1. The summed E-state index contributed by atoms with van der Waals surface area (Å²) in [6.07, 6.45) is 1.43. The third kappa shape index (κ3) is 5.13. The Bertz CT molecular complexity index is 422. The summed E-state index contributed by atoms with van der Waals surface area (Å²) >= 11 is 0. The molecule has 6 heteroatoms. The Labute approximate surface area is 113 Å². The third-order valence-electron chi connectivity index (χ3n) is 2.34. The van der Waals surface area contributed by atoms with Crippen molar-refractivity contribution in [1.29, 1.82) is 0 Å². The highest BCUT2D eigenvalue weighted by atomic mass is 16.5. The molecule has 0 aliphatic rings. The zero-order valence-corrected chi connectivity index (χ0v) is 11.6. The van der Waals surface area contributed by atoms with Crippen molar-refractivity contribution in [2.75, 3.05) is 37.9 Å². The van der Waals surface area contributed by atoms with Crippen LogP contribution in [0.15, 0.2) is 12.3 Å². The Kier molecular flexibility index (Phi) is 6.08. The number of hydrogen-bond acceptors (Lipinski definition) is 6. The smallest absolute Gasteiger partial charge is 0.340 e. The number of methoxy groups -OCH3 is 1. The Balaban J connectivity index is 2.48. The molecule has 0 aromatic carbocycles. The van der Waals surface area contributed by atoms with E-state index in [0.29, 0.717) is 36.1 Å². The van der Waals surface area contributed by atoms with Crippen LogP contribution in [-0.2, 0) is 9.47 Å². The second kappa shape index (κ2) is 7.58. The number of pyridine rings is 1. The molecule has 0 fully saturated rings. The van der Waals surface area contributed by atoms with Gasteiger partial charge in [-0.3, -0.25) is 0 Å². The first-order chi connectivity index (χ1) is 9.04. The van der Waals surface area contributed by atoms with Crippen LogP contribution < -0.4 is 11.1 Å². The van der Waals surface area contributed by atoms with E-state index in [1.165, 1.54) is 13.3 Å². The van der Waals surface area contributed by atoms with Gasteiger partial charge < -0.3 is 20.5 Å². The summed E-state index contributed by atoms with van der Waals surface area (Å²) in [5, 5.41) is 3.07. The van der Waals surface area contributed by atoms with E-state index in [1.807, 2.05) is 0 Å². The second-order valence-corrected chi connectivity index (χ2v) is 4.54. The van der Waals surface area contributed by atoms with Crippen LogP contribution in [0.4, 0.5) is 11.5 Å². The molecular formula is C13H21N3O3. The van der Waals surface area contributed by atoms with E-state index in [0.717, 1.165) is 6.61 Å². The number of anilines is 2. The maximum Gasteiger partial charge on any atom is 0.340 e. The van der Waals surface area contributed by atoms with E-state index < -0.39 is 5.97 Å². The van der Waals surface area contributed by atoms with Crippen LogP contribution >= 0.6 is 0 Å². The number of aromatic nitrogens is 1. The number of carbonyl (C=O) groups excluding carboxylic acids is 1. The summed E-state index contributed by atoms with van der Waals surface area (Å²) in [6.45, 7) is 6.11. The molecule has 0 saturated heterocycles. The summed E-state index contributed by atoms with van der Waals surface area (Å²) in [5.41, 5.74) is 6.27. The van der Waals surface area contributed by atoms with Crippen molar-refractivity contribution in [1.82, 2.24) is 4.98 Å². The van der Waals surface area contributed by atoms with Gasteiger partial charge in [0, 0.05) is 13.2 Å². The molecule has 0 atom stereocenters. The lowest BCUT2D eigenvalue weighted by atomic mass is 10.2. The molecule has 0 bridgehead atoms. The minimum Gasteiger partial charge on any atom is -0.465 e. The SMILES string of the molecule is COC(=O)c1cc(NCCOCC(C)C)ncc1N. The molecule has 1 aromatic heterocycles. The normalized spacial score (nSPS) is 10.5. The molecule has 1 heterocycles. The van der Waals surface area contributed by atoms with Crippen LogP contribution in [0.2, 0.25) is 0 Å². The molecule has 0 aliphatic heterocycles. The summed E-state index contributed by atoms with van der Waals surface area (Å²) in [7, 11) is 1.31. The van der Waals surface area contributed by atoms with Crippen LogP contribution in [0.25, 0.3) is 0 Å². The number of rotatable bonds is 7. The first-order valence-corrected chi connectivity index (χ1v) is 6.20. The van der Waals surface area contributed by atoms with Gasteiger partial charge in [0.05, 0.1) is 31.2 Å². The standard InChI is InChI=1S/C13H21N3O3/c1-9(2)8-19-5-4-15-12-6-10(13(17)18-3)11(14)7-16-12/h6-7,9H,4-5,8,14H2,1-3H3,(H,15,16). The fourth-order valence-electron chi connectivity index (χ4n) is 1.42. The largest absolute Gasteiger partial charge is 0.465 e. The molecule has 106 valence electrons. The van der Waals surface area contributed by atoms with E-state index in [2.05, 4.69) is 28.9 Å². The van der Waals surface area contributed by atoms with E-state index in [1.54, 1.807) is 6.07 Å². The molecule has 0 aliphatic carbocycles. The van der Waals surface area contributed by atoms with Gasteiger partial charge in [-0.1, -0.05) is 13.8 Å². The fourth-order valence-corrected chi connectivity index (χ4v) is 1.42. The molecule has 0 unspecified atom stereocenters. The quantitative estimate of drug-likeness (QED) is 0.575. The zero-order valence-electron chi connectivity index (χ0n) is 11.6. The summed E-state index contributed by atoms with van der Waals surface area (Å²) in [5.74, 6) is 0.613. The Hall–Kier alpha value is -1.82. The lowest BCUT2D eigenvalue weighted by molar-refractivity contribution is 0.0602. The minimum absolute atomic E-state index is 0.299. The van der Waals surface area contributed by atoms with Crippen molar-refractivity contribution in [2.24, 2.45) is 5.92 Å². The van der Waals surface area contributed by atoms with Gasteiger partial charge in [-0.15, -0.1) is 0 Å². The van der Waals surface area contributed by atoms with Crippen LogP contribution in [0, 0.1) is 5.92 Å². The number of hydrogen-bond donors (Lipinski definition) is 2. The van der Waals surface area contributed by atoms with Gasteiger partial charge in [0.15, 0.2) is 0 Å². The maximum atomic E-state index is 11.5. The molecule has 0 radical (unpaired) electrons. The van der Waals surface area contributed by atoms with Crippen molar-refractivity contribution >= 4 is 17.5 Å². The molecule has 1 aromatic rings. The fraction of sp³-hybridized carbons (Fsp3) is 0.538. The van der Waals surface area contributed by atoms with Gasteiger partial charge in [0.25, 0.3) is 0 Å². The lowest BCUT2D eigenvalue weighted by Gasteiger charge is -2.10. The highest BCUT2D eigenvalue weighted by Gasteiger charge is 2.11. The number of nitrogen functional groups attached to an aromatic ring is 1. The van der Waals surface area contributed by atoms with Gasteiger partial charge >= 0.3 is 5.97 Å². The number of nitrogens with two attached hydrogens (primary N) is 1. The first-order valence-electron chi connectivity index (χ1n) is 6.20. The average Bonchev–Trinajstić information content (AvgIpc) is 2.39. The number of nitrogens with zero attached hydrogens (tertiary/aromatic N) is 1. The van der Waals surface area contributed by atoms with Crippen molar-refractivity contribution < 1.29 is 14.3 Å². The topological polar surface area (TPSA) is 86.5 Å². The zero-order chi connectivity index (χ0) is 14.3. The molecule has 0 saturated carbocycles. The Morgan fingerprint density at radius 3 is 2.89 bits per heavy atom. The van der Waals surface area contributed by atoms with E-state index in [-0.39, 0.29) is 0 Å². The van der Waals surface area contributed by atoms with E-state index in [4.69, 9.17) is 10.5 Å². The number of esters is 1. The molecule has 6 nitrogen and oxygen atoms in total. The molecule has 0 spiro atoms. The summed E-state index contributed by atoms with van der Waals surface area (Å²) in [6, 6.07) is 1.57. The molecule has 3 N–H and O–H groups in total. The molecule has 19 heavy (non-hydrogen) atoms. The monoisotopic (exact) mass is 267 g/mol. The Morgan fingerprint density at radius 2 is 2.26 bits per heavy atom. The highest BCUT2D eigenvalue weighted by Crippen LogP contribution is 2.15. The Morgan fingerprint density at radius 1 is 1.53 bits per heavy atom. The predicted molar refractivity (Wildman–Crippen MR) is 74.1 cm³/mol. The third-order valence-corrected chi connectivity index (χ3v) is 2.34. The van der Waals surface area contributed by atoms with E-state index >= 15 is 0 Å². The van der Waals surface area contributed by atoms with Crippen LogP contribution in [0.3, 0.4) is 0 Å². The first kappa shape index (κ1) is 15.2. The second-order valence-electron chi connectivity index (χ2n) is 4.54. The lowest BCUT2D eigenvalue weighted by Crippen LogP contribution is -2.14. The molecular weight excluding hydrogens is 246 g/mol. The summed E-state index contributed by atoms with van der Waals surface area (Å²) in [4.78, 5) is 15.5. The van der Waals surface area contributed by atoms with Crippen molar-refractivity contribution in [2.45, 2.75) is 13.8 Å². The van der Waals surface area contributed by atoms with Gasteiger partial charge in [-0.25, -0.2) is 9.78 Å². The van der Waals surface area contributed by atoms with Crippen LogP contribution in [-0.4, -0.2) is 37.8 Å². The van der Waals surface area contributed by atoms with Gasteiger partial charge in [-0.05, 0) is 12.0 Å². The number of ether oxygens (including phenoxy) is 2. The van der Waals surface area contributed by atoms with Gasteiger partial charge in [0.1, 0.15) is 5.82 Å². The summed E-state index contributed by atoms with van der Waals surface area (Å²) < 4.78 is 10.1. The maximum absolute atomic E-state index is 11.5. The van der Waals surface area contributed by atoms with Crippen LogP contribution in [0.1, 0.15) is 24.2 Å². The highest BCUT2D eigenvalue weighted by molar-refractivity contribution is 5.95. The van der Waals surface area contributed by atoms with Crippen molar-refractivity contribution in [3.63, 3.8) is 0 Å². The van der Waals surface area contributed by atoms with Gasteiger partial charge in [-0.2, -0.15) is 0 Å².